The van der Waals surface area contributed by atoms with Crippen molar-refractivity contribution in [1.82, 2.24) is 0 Å². The molecule has 0 N–H and O–H groups in total. The highest BCUT2D eigenvalue weighted by molar-refractivity contribution is 5.74. The summed E-state index contributed by atoms with van der Waals surface area (Å²) in [7, 11) is 0. The van der Waals surface area contributed by atoms with Crippen molar-refractivity contribution in [1.29, 1.82) is 0 Å². The Balaban J connectivity index is 0. The van der Waals surface area contributed by atoms with Crippen LogP contribution in [0, 0.1) is 11.8 Å². The quantitative estimate of drug-likeness (QED) is 0.489. The monoisotopic (exact) mass is 146 g/mol. The molecule has 0 amide bonds. The third-order valence-electron chi connectivity index (χ3n) is 1.71. The lowest BCUT2D eigenvalue weighted by Gasteiger charge is -1.98. The minimum Gasteiger partial charge on any atom is -0.465 e. The lowest BCUT2D eigenvalue weighted by atomic mass is 10.0. The lowest BCUT2D eigenvalue weighted by molar-refractivity contribution is -0.140. The molecule has 0 bridgehead atoms. The molecule has 2 nitrogen and oxygen atoms in total. The summed E-state index contributed by atoms with van der Waals surface area (Å²) in [5.74, 6) is 0.495. The van der Waals surface area contributed by atoms with Crippen LogP contribution < -0.4 is 0 Å². The molecule has 1 rings (SSSR count). The molecule has 0 aliphatic carbocycles. The van der Waals surface area contributed by atoms with Crippen LogP contribution in [0.25, 0.3) is 0 Å². The van der Waals surface area contributed by atoms with E-state index in [0.29, 0.717) is 12.5 Å². The third-order valence-corrected chi connectivity index (χ3v) is 1.71. The summed E-state index contributed by atoms with van der Waals surface area (Å²) in [6.45, 7) is 4.54. The van der Waals surface area contributed by atoms with Crippen LogP contribution in [0.2, 0.25) is 0 Å². The Kier molecular flexibility index (Phi) is 5.25. The fraction of sp³-hybridized carbons (Fsp3) is 0.875. The van der Waals surface area contributed by atoms with Gasteiger partial charge in [0.25, 0.3) is 0 Å². The fourth-order valence-electron chi connectivity index (χ4n) is 0.722. The van der Waals surface area contributed by atoms with Crippen molar-refractivity contribution >= 4 is 5.97 Å². The van der Waals surface area contributed by atoms with Gasteiger partial charge in [0, 0.05) is 5.92 Å². The van der Waals surface area contributed by atoms with Crippen molar-refractivity contribution < 1.29 is 9.53 Å². The van der Waals surface area contributed by atoms with E-state index in [1.807, 2.05) is 13.8 Å². The van der Waals surface area contributed by atoms with Crippen LogP contribution in [-0.2, 0) is 9.53 Å². The summed E-state index contributed by atoms with van der Waals surface area (Å²) >= 11 is 0. The highest BCUT2D eigenvalue weighted by Crippen LogP contribution is 2.19. The summed E-state index contributed by atoms with van der Waals surface area (Å²) in [4.78, 5) is 10.6. The minimum atomic E-state index is -0.0440. The van der Waals surface area contributed by atoms with Crippen LogP contribution in [-0.4, -0.2) is 12.6 Å². The largest absolute Gasteiger partial charge is 0.465 e. The number of esters is 1. The molecule has 2 heteroatoms. The summed E-state index contributed by atoms with van der Waals surface area (Å²) in [5, 5.41) is 0. The summed E-state index contributed by atoms with van der Waals surface area (Å²) in [6, 6.07) is 0. The maximum absolute atomic E-state index is 10.6. The number of cyclic esters (lactones) is 1. The van der Waals surface area contributed by atoms with Crippen LogP contribution in [0.5, 0.6) is 0 Å². The summed E-state index contributed by atoms with van der Waals surface area (Å²) in [5.41, 5.74) is 0. The zero-order valence-electron chi connectivity index (χ0n) is 5.18. The van der Waals surface area contributed by atoms with E-state index >= 15 is 0 Å². The molecule has 0 aromatic heterocycles. The molecule has 1 saturated heterocycles. The first-order valence-electron chi connectivity index (χ1n) is 2.88. The van der Waals surface area contributed by atoms with Gasteiger partial charge in [-0.25, -0.2) is 0 Å². The SMILES string of the molecule is C.C.CC1COC(=O)C1C. The molecule has 1 fully saturated rings. The molecule has 0 aromatic carbocycles. The molecule has 0 radical (unpaired) electrons. The van der Waals surface area contributed by atoms with Gasteiger partial charge in [0.1, 0.15) is 0 Å². The molecular formula is C8H18O2. The topological polar surface area (TPSA) is 26.3 Å². The number of carbonyl (C=O) groups excluding carboxylic acids is 1. The van der Waals surface area contributed by atoms with E-state index in [0.717, 1.165) is 0 Å². The Morgan fingerprint density at radius 3 is 2.00 bits per heavy atom. The first-order chi connectivity index (χ1) is 3.72. The molecule has 1 aliphatic rings. The Hall–Kier alpha value is -0.530. The normalized spacial score (nSPS) is 30.0. The molecule has 2 unspecified atom stereocenters. The Labute approximate surface area is 63.6 Å². The highest BCUT2D eigenvalue weighted by atomic mass is 16.5. The van der Waals surface area contributed by atoms with Gasteiger partial charge in [0.15, 0.2) is 0 Å². The highest BCUT2D eigenvalue weighted by Gasteiger charge is 2.28. The fourth-order valence-corrected chi connectivity index (χ4v) is 0.722. The van der Waals surface area contributed by atoms with Gasteiger partial charge in [-0.05, 0) is 0 Å². The molecule has 1 heterocycles. The van der Waals surface area contributed by atoms with Gasteiger partial charge in [-0.1, -0.05) is 28.7 Å². The van der Waals surface area contributed by atoms with E-state index < -0.39 is 0 Å². The Morgan fingerprint density at radius 1 is 1.40 bits per heavy atom. The van der Waals surface area contributed by atoms with Crippen molar-refractivity contribution in [3.8, 4) is 0 Å². The van der Waals surface area contributed by atoms with Crippen LogP contribution in [0.3, 0.4) is 0 Å². The van der Waals surface area contributed by atoms with Crippen LogP contribution >= 0.6 is 0 Å². The molecule has 1 aliphatic heterocycles. The summed E-state index contributed by atoms with van der Waals surface area (Å²) in [6.07, 6.45) is 0. The standard InChI is InChI=1S/C6H10O2.2CH4/c1-4-3-8-6(7)5(4)2;;/h4-5H,3H2,1-2H3;2*1H4. The molecule has 10 heavy (non-hydrogen) atoms. The zero-order chi connectivity index (χ0) is 6.15. The van der Waals surface area contributed by atoms with E-state index in [1.165, 1.54) is 0 Å². The van der Waals surface area contributed by atoms with Crippen molar-refractivity contribution in [2.24, 2.45) is 11.8 Å². The van der Waals surface area contributed by atoms with Gasteiger partial charge in [-0.2, -0.15) is 0 Å². The number of ether oxygens (including phenoxy) is 1. The number of rotatable bonds is 0. The van der Waals surface area contributed by atoms with E-state index in [-0.39, 0.29) is 26.7 Å². The number of hydrogen-bond acceptors (Lipinski definition) is 2. The molecule has 0 spiro atoms. The van der Waals surface area contributed by atoms with Crippen molar-refractivity contribution in [3.05, 3.63) is 0 Å². The van der Waals surface area contributed by atoms with Crippen LogP contribution in [0.15, 0.2) is 0 Å². The smallest absolute Gasteiger partial charge is 0.309 e. The Bertz CT molecular complexity index is 110. The van der Waals surface area contributed by atoms with Crippen molar-refractivity contribution in [2.75, 3.05) is 6.61 Å². The predicted molar refractivity (Wildman–Crippen MR) is 42.7 cm³/mol. The average molecular weight is 146 g/mol. The molecule has 2 atom stereocenters. The van der Waals surface area contributed by atoms with Gasteiger partial charge in [0.2, 0.25) is 0 Å². The maximum Gasteiger partial charge on any atom is 0.309 e. The van der Waals surface area contributed by atoms with Crippen LogP contribution in [0.1, 0.15) is 28.7 Å². The van der Waals surface area contributed by atoms with Crippen molar-refractivity contribution in [2.45, 2.75) is 28.7 Å². The molecule has 0 saturated carbocycles. The van der Waals surface area contributed by atoms with Crippen molar-refractivity contribution in [3.63, 3.8) is 0 Å². The Morgan fingerprint density at radius 2 is 1.90 bits per heavy atom. The number of hydrogen-bond donors (Lipinski definition) is 0. The second kappa shape index (κ2) is 4.31. The zero-order valence-corrected chi connectivity index (χ0v) is 5.18. The van der Waals surface area contributed by atoms with Gasteiger partial charge >= 0.3 is 5.97 Å². The average Bonchev–Trinajstić information content (AvgIpc) is 1.98. The first kappa shape index (κ1) is 12.2. The van der Waals surface area contributed by atoms with Gasteiger partial charge in [-0.15, -0.1) is 0 Å². The lowest BCUT2D eigenvalue weighted by Crippen LogP contribution is -2.07. The molecule has 0 aromatic rings. The van der Waals surface area contributed by atoms with Crippen LogP contribution in [0.4, 0.5) is 0 Å². The third kappa shape index (κ3) is 2.01. The van der Waals surface area contributed by atoms with Gasteiger partial charge in [-0.3, -0.25) is 4.79 Å². The first-order valence-corrected chi connectivity index (χ1v) is 2.88. The van der Waals surface area contributed by atoms with Gasteiger partial charge < -0.3 is 4.74 Å². The molecule has 62 valence electrons. The summed E-state index contributed by atoms with van der Waals surface area (Å²) < 4.78 is 4.74. The van der Waals surface area contributed by atoms with E-state index in [2.05, 4.69) is 0 Å². The van der Waals surface area contributed by atoms with Gasteiger partial charge in [0.05, 0.1) is 12.5 Å². The number of carbonyl (C=O) groups is 1. The van der Waals surface area contributed by atoms with E-state index in [9.17, 15) is 4.79 Å². The second-order valence-corrected chi connectivity index (χ2v) is 2.40. The second-order valence-electron chi connectivity index (χ2n) is 2.40. The van der Waals surface area contributed by atoms with E-state index in [4.69, 9.17) is 4.74 Å². The van der Waals surface area contributed by atoms with E-state index in [1.54, 1.807) is 0 Å². The predicted octanol–water partition coefficient (Wildman–Crippen LogP) is 2.09. The molecular weight excluding hydrogens is 128 g/mol. The minimum absolute atomic E-state index is 0. The maximum atomic E-state index is 10.6.